The highest BCUT2D eigenvalue weighted by Gasteiger charge is 2.33. The maximum absolute atomic E-state index is 14.9. The van der Waals surface area contributed by atoms with Crippen LogP contribution in [0.5, 0.6) is 0 Å². The third-order valence-electron chi connectivity index (χ3n) is 10.3. The van der Waals surface area contributed by atoms with Gasteiger partial charge in [0, 0.05) is 11.1 Å². The predicted molar refractivity (Wildman–Crippen MR) is 207 cm³/mol. The van der Waals surface area contributed by atoms with Gasteiger partial charge in [-0.05, 0) is 18.2 Å². The first kappa shape index (κ1) is 46.7. The van der Waals surface area contributed by atoms with Gasteiger partial charge in [-0.15, -0.1) is 0 Å². The van der Waals surface area contributed by atoms with Gasteiger partial charge in [0.1, 0.15) is 33.8 Å². The minimum atomic E-state index is -2.56. The van der Waals surface area contributed by atoms with Crippen LogP contribution in [0.25, 0.3) is 54.3 Å². The molecule has 0 saturated carbocycles. The number of hydrogen-bond acceptors (Lipinski definition) is 11. The number of nitrogens with zero attached hydrogens (tertiary/aromatic N) is 14. The van der Waals surface area contributed by atoms with Crippen LogP contribution in [0.1, 0.15) is 22.5 Å². The van der Waals surface area contributed by atoms with Gasteiger partial charge in [-0.2, -0.15) is 10.5 Å². The summed E-state index contributed by atoms with van der Waals surface area (Å²) in [4.78, 5) is 45.0. The number of allylic oxidation sites excluding steroid dienone is 1. The van der Waals surface area contributed by atoms with E-state index in [1.165, 1.54) is 6.07 Å². The van der Waals surface area contributed by atoms with Crippen LogP contribution in [-0.4, -0.2) is 15.0 Å². The smallest absolute Gasteiger partial charge is 0.250 e. The number of benzene rings is 5. The first-order valence-corrected chi connectivity index (χ1v) is 18.8. The van der Waals surface area contributed by atoms with Crippen molar-refractivity contribution < 1.29 is 61.5 Å². The van der Waals surface area contributed by atoms with E-state index in [0.29, 0.717) is 0 Å². The van der Waals surface area contributed by atoms with E-state index in [9.17, 15) is 72.0 Å². The monoisotopic (exact) mass is 994 g/mol. The summed E-state index contributed by atoms with van der Waals surface area (Å²) in [6, 6.07) is 7.07. The summed E-state index contributed by atoms with van der Waals surface area (Å²) in [5.41, 5.74) is -9.22. The Bertz CT molecular complexity index is 4080. The summed E-state index contributed by atoms with van der Waals surface area (Å²) in [6.07, 6.45) is 0. The van der Waals surface area contributed by atoms with E-state index in [1.807, 2.05) is 0 Å². The molecule has 0 fully saturated rings. The van der Waals surface area contributed by atoms with Gasteiger partial charge in [0.2, 0.25) is 17.2 Å². The third-order valence-corrected chi connectivity index (χ3v) is 10.3. The summed E-state index contributed by atoms with van der Waals surface area (Å²) >= 11 is 0. The van der Waals surface area contributed by atoms with Crippen molar-refractivity contribution in [2.75, 3.05) is 0 Å². The maximum Gasteiger partial charge on any atom is 0.274 e. The lowest BCUT2D eigenvalue weighted by molar-refractivity contribution is 0.376. The lowest BCUT2D eigenvalue weighted by Gasteiger charge is -2.10. The molecule has 0 radical (unpaired) electrons. The Balaban J connectivity index is 1.31. The Morgan fingerprint density at radius 3 is 1.35 bits per heavy atom. The zero-order chi connectivity index (χ0) is 51.9. The molecular formula is C44H4F14N14. The van der Waals surface area contributed by atoms with Gasteiger partial charge in [0.25, 0.3) is 5.70 Å². The molecule has 0 amide bonds. The van der Waals surface area contributed by atoms with Crippen molar-refractivity contribution in [1.29, 1.82) is 10.5 Å². The quantitative estimate of drug-likeness (QED) is 0.0613. The zero-order valence-corrected chi connectivity index (χ0v) is 33.9. The molecule has 5 aromatic carbocycles. The molecule has 0 saturated heterocycles. The third kappa shape index (κ3) is 6.79. The lowest BCUT2D eigenvalue weighted by atomic mass is 10.0. The molecule has 0 unspecified atom stereocenters. The average molecular weight is 995 g/mol. The largest absolute Gasteiger partial charge is 0.274 e. The molecule has 9 rings (SSSR count). The molecule has 0 atom stereocenters. The molecule has 0 aliphatic carbocycles. The Hall–Kier alpha value is -10.4. The summed E-state index contributed by atoms with van der Waals surface area (Å²) in [6.45, 7) is 23.5. The SMILES string of the molecule is [C-]#[N+]C(=C1N=c2c(F)c(F)c(F)c(F)c2=N1)c1nc(-c2ccc3c(c2C#N)=N/C(=C(\C#N)c2c(F)c(F)c(F)c(F)c2F)N=3)nc(-c2ccc3c(c2[N+]#[C-])=N/C(=C(\[N+]#[C-])c2c(F)c(F)c(F)c(F)c2F)N=3)n1. The molecule has 0 bridgehead atoms. The van der Waals surface area contributed by atoms with E-state index in [-0.39, 0.29) is 10.7 Å². The Labute approximate surface area is 386 Å². The Morgan fingerprint density at radius 2 is 0.847 bits per heavy atom. The van der Waals surface area contributed by atoms with Crippen molar-refractivity contribution in [3.63, 3.8) is 0 Å². The standard InChI is InChI=1S/C44H4F14N14/c1-61-33-11(5-7-15-34(33)67-42(65-15)35(62-2)17-20(47)24(51)27(54)25(52)21(17)48)40-70-39(71-44(72-40)38(63-3)43-68-36-30(57)28(55)29(56)31(58)37(36)69-43)10-4-6-14-32(12(10)8-59)66-41(64-14)13(9-60)16-18(45)22(49)26(53)23(50)19(16)46/h4-7H/b41-13+,42-35-. The van der Waals surface area contributed by atoms with Crippen LogP contribution in [0, 0.1) is 124 Å². The second-order valence-electron chi connectivity index (χ2n) is 14.1. The van der Waals surface area contributed by atoms with Crippen LogP contribution in [0.4, 0.5) is 67.2 Å². The fraction of sp³-hybridized carbons (Fsp3) is 0. The number of rotatable bonds is 5. The molecule has 4 heterocycles. The van der Waals surface area contributed by atoms with Gasteiger partial charge in [-0.3, -0.25) is 4.99 Å². The Morgan fingerprint density at radius 1 is 0.431 bits per heavy atom. The molecule has 0 spiro atoms. The molecule has 348 valence electrons. The summed E-state index contributed by atoms with van der Waals surface area (Å²) < 4.78 is 202. The first-order chi connectivity index (χ1) is 34.3. The van der Waals surface area contributed by atoms with E-state index in [0.717, 1.165) is 24.3 Å². The first-order valence-electron chi connectivity index (χ1n) is 18.8. The van der Waals surface area contributed by atoms with E-state index in [2.05, 4.69) is 59.4 Å². The highest BCUT2D eigenvalue weighted by Crippen LogP contribution is 2.35. The number of nitriles is 2. The fourth-order valence-corrected chi connectivity index (χ4v) is 7.00. The Kier molecular flexibility index (Phi) is 11.0. The molecule has 6 aromatic rings. The van der Waals surface area contributed by atoms with Gasteiger partial charge in [0.15, 0.2) is 111 Å². The van der Waals surface area contributed by atoms with E-state index >= 15 is 0 Å². The normalized spacial score (nSPS) is 14.0. The second-order valence-corrected chi connectivity index (χ2v) is 14.1. The number of fused-ring (bicyclic) bond motifs is 3. The molecule has 3 aliphatic rings. The average Bonchev–Trinajstić information content (AvgIpc) is 4.15. The van der Waals surface area contributed by atoms with Gasteiger partial charge in [-0.25, -0.2) is 116 Å². The van der Waals surface area contributed by atoms with Crippen molar-refractivity contribution in [3.8, 4) is 34.9 Å². The summed E-state index contributed by atoms with van der Waals surface area (Å²) in [5.74, 6) is -38.5. The lowest BCUT2D eigenvalue weighted by Crippen LogP contribution is -2.32. The van der Waals surface area contributed by atoms with Crippen LogP contribution >= 0.6 is 0 Å². The topological polar surface area (TPSA) is 173 Å². The number of aromatic nitrogens is 3. The van der Waals surface area contributed by atoms with Crippen molar-refractivity contribution in [1.82, 2.24) is 15.0 Å². The van der Waals surface area contributed by atoms with E-state index in [4.69, 9.17) is 19.7 Å². The van der Waals surface area contributed by atoms with E-state index in [1.54, 1.807) is 6.07 Å². The molecule has 14 nitrogen and oxygen atoms in total. The van der Waals surface area contributed by atoms with Crippen LogP contribution in [-0.2, 0) is 0 Å². The summed E-state index contributed by atoms with van der Waals surface area (Å²) in [7, 11) is 0. The summed E-state index contributed by atoms with van der Waals surface area (Å²) in [5, 5.41) is 16.1. The molecular weight excluding hydrogens is 991 g/mol. The molecule has 0 N–H and O–H groups in total. The van der Waals surface area contributed by atoms with Crippen LogP contribution in [0.2, 0.25) is 0 Å². The van der Waals surface area contributed by atoms with Crippen LogP contribution in [0.15, 0.2) is 71.7 Å². The minimum Gasteiger partial charge on any atom is -0.250 e. The second kappa shape index (κ2) is 17.0. The highest BCUT2D eigenvalue weighted by molar-refractivity contribution is 5.82. The van der Waals surface area contributed by atoms with Gasteiger partial charge in [-0.1, -0.05) is 6.07 Å². The molecule has 28 heteroatoms. The van der Waals surface area contributed by atoms with Crippen molar-refractivity contribution >= 4 is 22.7 Å². The van der Waals surface area contributed by atoms with Crippen LogP contribution < -0.4 is 32.1 Å². The molecule has 1 aromatic heterocycles. The predicted octanol–water partition coefficient (Wildman–Crippen LogP) is 6.72. The van der Waals surface area contributed by atoms with Crippen LogP contribution in [0.3, 0.4) is 0 Å². The van der Waals surface area contributed by atoms with Crippen molar-refractivity contribution in [2.45, 2.75) is 0 Å². The number of hydrogen-bond donors (Lipinski definition) is 0. The minimum absolute atomic E-state index is 0.352. The highest BCUT2D eigenvalue weighted by atomic mass is 19.2. The maximum atomic E-state index is 14.9. The van der Waals surface area contributed by atoms with E-state index < -0.39 is 188 Å². The van der Waals surface area contributed by atoms with Crippen molar-refractivity contribution in [2.24, 2.45) is 30.0 Å². The molecule has 3 aliphatic heterocycles. The van der Waals surface area contributed by atoms with Crippen molar-refractivity contribution in [3.05, 3.63) is 212 Å². The molecule has 72 heavy (non-hydrogen) atoms. The fourth-order valence-electron chi connectivity index (χ4n) is 7.00. The number of halogens is 14. The zero-order valence-electron chi connectivity index (χ0n) is 33.9. The van der Waals surface area contributed by atoms with Gasteiger partial charge in [0.05, 0.1) is 52.5 Å². The van der Waals surface area contributed by atoms with Gasteiger partial charge < -0.3 is 0 Å². The van der Waals surface area contributed by atoms with Gasteiger partial charge >= 0.3 is 0 Å².